The van der Waals surface area contributed by atoms with Gasteiger partial charge in [-0.05, 0) is 36.8 Å². The number of unbranched alkanes of at least 4 members (excludes halogenated alkanes) is 1. The summed E-state index contributed by atoms with van der Waals surface area (Å²) in [5, 5.41) is 2.88. The molecule has 0 radical (unpaired) electrons. The number of amides is 1. The number of carbonyl (C=O) groups excluding carboxylic acids is 1. The van der Waals surface area contributed by atoms with Crippen molar-refractivity contribution >= 4 is 32.7 Å². The summed E-state index contributed by atoms with van der Waals surface area (Å²) < 4.78 is 38.8. The van der Waals surface area contributed by atoms with Crippen molar-refractivity contribution in [3.63, 3.8) is 0 Å². The van der Waals surface area contributed by atoms with Gasteiger partial charge in [0, 0.05) is 45.2 Å². The molecule has 0 aliphatic rings. The SMILES string of the molecule is CCCCn1c(CCC(=O)Nc2ccc(OC)c(OC)c2)nc2cc(S(=O)(=O)N(C)C)ccc21. The maximum atomic E-state index is 12.6. The lowest BCUT2D eigenvalue weighted by Crippen LogP contribution is -2.22. The molecule has 1 amide bonds. The van der Waals surface area contributed by atoms with Gasteiger partial charge in [-0.2, -0.15) is 0 Å². The molecule has 0 bridgehead atoms. The van der Waals surface area contributed by atoms with Crippen LogP contribution in [0.3, 0.4) is 0 Å². The standard InChI is InChI=1S/C24H32N4O5S/c1-6-7-14-28-20-10-9-18(34(30,31)27(2)3)16-19(20)26-23(28)12-13-24(29)25-17-8-11-21(32-4)22(15-17)33-5/h8-11,15-16H,6-7,12-14H2,1-5H3,(H,25,29). The third-order valence-corrected chi connectivity index (χ3v) is 7.37. The first-order chi connectivity index (χ1) is 16.2. The van der Waals surface area contributed by atoms with E-state index in [0.717, 1.165) is 30.7 Å². The second kappa shape index (κ2) is 10.9. The van der Waals surface area contributed by atoms with Gasteiger partial charge in [-0.3, -0.25) is 4.79 Å². The van der Waals surface area contributed by atoms with Crippen LogP contribution in [0.2, 0.25) is 0 Å². The van der Waals surface area contributed by atoms with E-state index in [-0.39, 0.29) is 17.2 Å². The molecule has 0 fully saturated rings. The molecule has 1 heterocycles. The van der Waals surface area contributed by atoms with Gasteiger partial charge in [-0.15, -0.1) is 0 Å². The number of fused-ring (bicyclic) bond motifs is 1. The van der Waals surface area contributed by atoms with E-state index in [0.29, 0.717) is 29.1 Å². The molecule has 0 spiro atoms. The summed E-state index contributed by atoms with van der Waals surface area (Å²) in [7, 11) is 2.54. The normalized spacial score (nSPS) is 11.7. The molecule has 0 aliphatic heterocycles. The van der Waals surface area contributed by atoms with Crippen LogP contribution in [0.4, 0.5) is 5.69 Å². The average Bonchev–Trinajstić information content (AvgIpc) is 3.17. The number of aromatic nitrogens is 2. The number of anilines is 1. The lowest BCUT2D eigenvalue weighted by Gasteiger charge is -2.12. The van der Waals surface area contributed by atoms with Crippen LogP contribution in [0.5, 0.6) is 11.5 Å². The molecule has 10 heteroatoms. The van der Waals surface area contributed by atoms with Crippen LogP contribution in [0.15, 0.2) is 41.3 Å². The van der Waals surface area contributed by atoms with Crippen LogP contribution in [0.25, 0.3) is 11.0 Å². The molecular weight excluding hydrogens is 456 g/mol. The molecule has 1 N–H and O–H groups in total. The first kappa shape index (κ1) is 25.5. The van der Waals surface area contributed by atoms with Gasteiger partial charge in [-0.25, -0.2) is 17.7 Å². The fraction of sp³-hybridized carbons (Fsp3) is 0.417. The molecule has 34 heavy (non-hydrogen) atoms. The Kier molecular flexibility index (Phi) is 8.16. The molecule has 0 atom stereocenters. The predicted octanol–water partition coefficient (Wildman–Crippen LogP) is 3.68. The highest BCUT2D eigenvalue weighted by molar-refractivity contribution is 7.89. The van der Waals surface area contributed by atoms with E-state index in [4.69, 9.17) is 14.5 Å². The van der Waals surface area contributed by atoms with Gasteiger partial charge in [-0.1, -0.05) is 13.3 Å². The number of nitrogens with one attached hydrogen (secondary N) is 1. The largest absolute Gasteiger partial charge is 0.493 e. The van der Waals surface area contributed by atoms with Gasteiger partial charge < -0.3 is 19.4 Å². The summed E-state index contributed by atoms with van der Waals surface area (Å²) >= 11 is 0. The van der Waals surface area contributed by atoms with Crippen LogP contribution in [0.1, 0.15) is 32.0 Å². The van der Waals surface area contributed by atoms with Crippen LogP contribution in [0, 0.1) is 0 Å². The van der Waals surface area contributed by atoms with Crippen molar-refractivity contribution in [3.05, 3.63) is 42.2 Å². The number of aryl methyl sites for hydroxylation is 2. The second-order valence-corrected chi connectivity index (χ2v) is 10.2. The van der Waals surface area contributed by atoms with Crippen molar-refractivity contribution in [1.82, 2.24) is 13.9 Å². The number of methoxy groups -OCH3 is 2. The van der Waals surface area contributed by atoms with Gasteiger partial charge in [0.1, 0.15) is 5.82 Å². The first-order valence-corrected chi connectivity index (χ1v) is 12.6. The molecule has 0 unspecified atom stereocenters. The maximum Gasteiger partial charge on any atom is 0.242 e. The number of benzene rings is 2. The first-order valence-electron chi connectivity index (χ1n) is 11.1. The number of ether oxygens (including phenoxy) is 2. The number of sulfonamides is 1. The Morgan fingerprint density at radius 1 is 1.09 bits per heavy atom. The molecule has 2 aromatic carbocycles. The van der Waals surface area contributed by atoms with Crippen molar-refractivity contribution in [1.29, 1.82) is 0 Å². The highest BCUT2D eigenvalue weighted by Crippen LogP contribution is 2.30. The third-order valence-electron chi connectivity index (χ3n) is 5.56. The Hall–Kier alpha value is -3.11. The molecular formula is C24H32N4O5S. The molecule has 9 nitrogen and oxygen atoms in total. The lowest BCUT2D eigenvalue weighted by atomic mass is 10.2. The second-order valence-electron chi connectivity index (χ2n) is 8.09. The summed E-state index contributed by atoms with van der Waals surface area (Å²) in [4.78, 5) is 17.5. The van der Waals surface area contributed by atoms with Gasteiger partial charge in [0.05, 0.1) is 30.1 Å². The average molecular weight is 489 g/mol. The number of hydrogen-bond acceptors (Lipinski definition) is 6. The summed E-state index contributed by atoms with van der Waals surface area (Å²) in [6.45, 7) is 2.86. The van der Waals surface area contributed by atoms with E-state index in [1.165, 1.54) is 18.4 Å². The zero-order valence-corrected chi connectivity index (χ0v) is 21.1. The zero-order valence-electron chi connectivity index (χ0n) is 20.3. The van der Waals surface area contributed by atoms with Crippen molar-refractivity contribution in [2.45, 2.75) is 44.0 Å². The number of hydrogen-bond donors (Lipinski definition) is 1. The van der Waals surface area contributed by atoms with E-state index in [9.17, 15) is 13.2 Å². The fourth-order valence-electron chi connectivity index (χ4n) is 3.65. The molecule has 0 saturated carbocycles. The van der Waals surface area contributed by atoms with E-state index >= 15 is 0 Å². The minimum Gasteiger partial charge on any atom is -0.493 e. The van der Waals surface area contributed by atoms with E-state index < -0.39 is 10.0 Å². The molecule has 0 aliphatic carbocycles. The third kappa shape index (κ3) is 5.51. The Bertz CT molecular complexity index is 1270. The van der Waals surface area contributed by atoms with Crippen molar-refractivity contribution < 1.29 is 22.7 Å². The number of nitrogens with zero attached hydrogens (tertiary/aromatic N) is 3. The minimum atomic E-state index is -3.56. The van der Waals surface area contributed by atoms with Gasteiger partial charge in [0.15, 0.2) is 11.5 Å². The lowest BCUT2D eigenvalue weighted by molar-refractivity contribution is -0.116. The minimum absolute atomic E-state index is 0.155. The molecule has 3 rings (SSSR count). The summed E-state index contributed by atoms with van der Waals surface area (Å²) in [5.74, 6) is 1.72. The molecule has 3 aromatic rings. The van der Waals surface area contributed by atoms with Crippen LogP contribution in [-0.4, -0.2) is 56.5 Å². The Morgan fingerprint density at radius 2 is 1.82 bits per heavy atom. The smallest absolute Gasteiger partial charge is 0.242 e. The van der Waals surface area contributed by atoms with Gasteiger partial charge in [0.2, 0.25) is 15.9 Å². The van der Waals surface area contributed by atoms with Crippen molar-refractivity contribution in [2.24, 2.45) is 0 Å². The predicted molar refractivity (Wildman–Crippen MR) is 132 cm³/mol. The summed E-state index contributed by atoms with van der Waals surface area (Å²) in [6, 6.07) is 10.2. The number of imidazole rings is 1. The van der Waals surface area contributed by atoms with Crippen molar-refractivity contribution in [2.75, 3.05) is 33.6 Å². The highest BCUT2D eigenvalue weighted by atomic mass is 32.2. The van der Waals surface area contributed by atoms with Crippen LogP contribution in [-0.2, 0) is 27.8 Å². The maximum absolute atomic E-state index is 12.6. The molecule has 0 saturated heterocycles. The monoisotopic (exact) mass is 488 g/mol. The molecule has 1 aromatic heterocycles. The van der Waals surface area contributed by atoms with E-state index in [1.54, 1.807) is 50.6 Å². The van der Waals surface area contributed by atoms with Crippen molar-refractivity contribution in [3.8, 4) is 11.5 Å². The van der Waals surface area contributed by atoms with E-state index in [1.807, 2.05) is 0 Å². The summed E-state index contributed by atoms with van der Waals surface area (Å²) in [6.07, 6.45) is 2.61. The Balaban J connectivity index is 1.81. The van der Waals surface area contributed by atoms with Crippen LogP contribution < -0.4 is 14.8 Å². The van der Waals surface area contributed by atoms with E-state index in [2.05, 4.69) is 16.8 Å². The highest BCUT2D eigenvalue weighted by Gasteiger charge is 2.20. The van der Waals surface area contributed by atoms with Crippen LogP contribution >= 0.6 is 0 Å². The summed E-state index contributed by atoms with van der Waals surface area (Å²) in [5.41, 5.74) is 2.08. The Labute approximate surface area is 200 Å². The quantitative estimate of drug-likeness (QED) is 0.442. The zero-order chi connectivity index (χ0) is 24.9. The fourth-order valence-corrected chi connectivity index (χ4v) is 4.57. The number of rotatable bonds is 11. The molecule has 184 valence electrons. The Morgan fingerprint density at radius 3 is 2.47 bits per heavy atom. The topological polar surface area (TPSA) is 103 Å². The number of carbonyl (C=O) groups is 1. The van der Waals surface area contributed by atoms with Gasteiger partial charge >= 0.3 is 0 Å². The van der Waals surface area contributed by atoms with Gasteiger partial charge in [0.25, 0.3) is 0 Å².